The van der Waals surface area contributed by atoms with Gasteiger partial charge in [0.25, 0.3) is 5.91 Å². The molecule has 0 saturated carbocycles. The van der Waals surface area contributed by atoms with Gasteiger partial charge in [-0.1, -0.05) is 30.3 Å². The van der Waals surface area contributed by atoms with E-state index in [1.807, 2.05) is 18.2 Å². The molecule has 2 amide bonds. The number of carbonyl (C=O) groups is 2. The highest BCUT2D eigenvalue weighted by Gasteiger charge is 2.29. The van der Waals surface area contributed by atoms with Crippen molar-refractivity contribution in [2.75, 3.05) is 13.1 Å². The first-order chi connectivity index (χ1) is 12.6. The molecular weight excluding hydrogens is 328 g/mol. The molecule has 0 aliphatic carbocycles. The molecule has 0 unspecified atom stereocenters. The Morgan fingerprint density at radius 3 is 2.54 bits per heavy atom. The number of benzene rings is 1. The Morgan fingerprint density at radius 2 is 1.88 bits per heavy atom. The highest BCUT2D eigenvalue weighted by Crippen LogP contribution is 2.20. The van der Waals surface area contributed by atoms with Crippen LogP contribution in [0.5, 0.6) is 0 Å². The third kappa shape index (κ3) is 4.75. The lowest BCUT2D eigenvalue weighted by atomic mass is 9.95. The van der Waals surface area contributed by atoms with Gasteiger partial charge in [-0.15, -0.1) is 0 Å². The Kier molecular flexibility index (Phi) is 6.10. The molecule has 0 radical (unpaired) electrons. The average molecular weight is 354 g/mol. The van der Waals surface area contributed by atoms with Gasteiger partial charge in [0.1, 0.15) is 0 Å². The zero-order chi connectivity index (χ0) is 18.4. The Labute approximate surface area is 154 Å². The molecule has 3 rings (SSSR count). The number of aryl methyl sites for hydroxylation is 1. The van der Waals surface area contributed by atoms with Crippen LogP contribution in [0.1, 0.15) is 42.3 Å². The minimum Gasteiger partial charge on any atom is -0.459 e. The van der Waals surface area contributed by atoms with Crippen LogP contribution >= 0.6 is 0 Å². The van der Waals surface area contributed by atoms with Crippen LogP contribution in [0.15, 0.2) is 53.1 Å². The number of carbonyl (C=O) groups excluding carboxylic acids is 2. The lowest BCUT2D eigenvalue weighted by molar-refractivity contribution is -0.126. The maximum absolute atomic E-state index is 12.5. The summed E-state index contributed by atoms with van der Waals surface area (Å²) in [6, 6.07) is 13.8. The van der Waals surface area contributed by atoms with Gasteiger partial charge in [0.15, 0.2) is 5.76 Å². The second kappa shape index (κ2) is 8.70. The van der Waals surface area contributed by atoms with E-state index in [4.69, 9.17) is 4.42 Å². The summed E-state index contributed by atoms with van der Waals surface area (Å²) in [5.74, 6) is 0.359. The van der Waals surface area contributed by atoms with Gasteiger partial charge in [-0.05, 0) is 50.3 Å². The minimum absolute atomic E-state index is 0.0187. The van der Waals surface area contributed by atoms with E-state index in [1.54, 1.807) is 17.0 Å². The Balaban J connectivity index is 1.41. The van der Waals surface area contributed by atoms with Crippen molar-refractivity contribution in [2.45, 2.75) is 38.6 Å². The molecule has 1 fully saturated rings. The van der Waals surface area contributed by atoms with E-state index < -0.39 is 0 Å². The predicted octanol–water partition coefficient (Wildman–Crippen LogP) is 3.27. The van der Waals surface area contributed by atoms with Gasteiger partial charge in [-0.3, -0.25) is 9.59 Å². The monoisotopic (exact) mass is 354 g/mol. The quantitative estimate of drug-likeness (QED) is 0.866. The van der Waals surface area contributed by atoms with Gasteiger partial charge in [0, 0.05) is 25.0 Å². The fourth-order valence-corrected chi connectivity index (χ4v) is 3.36. The van der Waals surface area contributed by atoms with Crippen LogP contribution in [0.2, 0.25) is 0 Å². The molecule has 5 nitrogen and oxygen atoms in total. The molecule has 2 aromatic rings. The molecule has 138 valence electrons. The number of hydrogen-bond acceptors (Lipinski definition) is 3. The van der Waals surface area contributed by atoms with Gasteiger partial charge in [0.2, 0.25) is 5.91 Å². The fraction of sp³-hybridized carbons (Fsp3) is 0.429. The molecule has 1 aromatic carbocycles. The second-order valence-corrected chi connectivity index (χ2v) is 6.98. The van der Waals surface area contributed by atoms with E-state index >= 15 is 0 Å². The van der Waals surface area contributed by atoms with Crippen LogP contribution in [0.4, 0.5) is 0 Å². The summed E-state index contributed by atoms with van der Waals surface area (Å²) in [6.07, 6.45) is 4.78. The maximum Gasteiger partial charge on any atom is 0.289 e. The average Bonchev–Trinajstić information content (AvgIpc) is 3.21. The molecule has 1 atom stereocenters. The lowest BCUT2D eigenvalue weighted by Gasteiger charge is -2.31. The molecule has 26 heavy (non-hydrogen) atoms. The van der Waals surface area contributed by atoms with Crippen LogP contribution in [0.25, 0.3) is 0 Å². The topological polar surface area (TPSA) is 62.6 Å². The molecule has 1 saturated heterocycles. The molecule has 0 spiro atoms. The van der Waals surface area contributed by atoms with Crippen molar-refractivity contribution in [1.82, 2.24) is 10.2 Å². The molecule has 1 N–H and O–H groups in total. The van der Waals surface area contributed by atoms with E-state index in [0.717, 1.165) is 12.8 Å². The first-order valence-corrected chi connectivity index (χ1v) is 9.30. The van der Waals surface area contributed by atoms with Gasteiger partial charge >= 0.3 is 0 Å². The van der Waals surface area contributed by atoms with Gasteiger partial charge in [-0.2, -0.15) is 0 Å². The Morgan fingerprint density at radius 1 is 1.15 bits per heavy atom. The molecule has 5 heteroatoms. The number of rotatable bonds is 6. The van der Waals surface area contributed by atoms with Crippen LogP contribution in [-0.2, 0) is 11.2 Å². The van der Waals surface area contributed by atoms with Crippen LogP contribution < -0.4 is 5.32 Å². The van der Waals surface area contributed by atoms with Crippen LogP contribution in [0, 0.1) is 5.92 Å². The molecule has 1 aromatic heterocycles. The summed E-state index contributed by atoms with van der Waals surface area (Å²) in [7, 11) is 0. The first kappa shape index (κ1) is 18.2. The molecule has 1 aliphatic rings. The van der Waals surface area contributed by atoms with Crippen LogP contribution in [0.3, 0.4) is 0 Å². The summed E-state index contributed by atoms with van der Waals surface area (Å²) in [5, 5.41) is 3.13. The largest absolute Gasteiger partial charge is 0.459 e. The van der Waals surface area contributed by atoms with Crippen molar-refractivity contribution in [3.8, 4) is 0 Å². The van der Waals surface area contributed by atoms with Gasteiger partial charge in [0.05, 0.1) is 6.26 Å². The third-order valence-corrected chi connectivity index (χ3v) is 4.98. The number of furan rings is 1. The van der Waals surface area contributed by atoms with Crippen LogP contribution in [-0.4, -0.2) is 35.8 Å². The zero-order valence-corrected chi connectivity index (χ0v) is 15.2. The number of hydrogen-bond donors (Lipinski definition) is 1. The highest BCUT2D eigenvalue weighted by atomic mass is 16.3. The number of likely N-dealkylation sites (tertiary alicyclic amines) is 1. The normalized spacial score (nSPS) is 16.3. The summed E-state index contributed by atoms with van der Waals surface area (Å²) < 4.78 is 5.17. The fourth-order valence-electron chi connectivity index (χ4n) is 3.36. The van der Waals surface area contributed by atoms with Crippen molar-refractivity contribution in [1.29, 1.82) is 0 Å². The third-order valence-electron chi connectivity index (χ3n) is 4.98. The van der Waals surface area contributed by atoms with Gasteiger partial charge in [-0.25, -0.2) is 0 Å². The van der Waals surface area contributed by atoms with Crippen molar-refractivity contribution in [3.63, 3.8) is 0 Å². The SMILES string of the molecule is C[C@H](CCc1ccccc1)NC(=O)C1CCN(C(=O)c2ccco2)CC1. The lowest BCUT2D eigenvalue weighted by Crippen LogP contribution is -2.44. The second-order valence-electron chi connectivity index (χ2n) is 6.98. The number of nitrogens with one attached hydrogen (secondary N) is 1. The minimum atomic E-state index is -0.0925. The van der Waals surface area contributed by atoms with E-state index in [0.29, 0.717) is 31.7 Å². The summed E-state index contributed by atoms with van der Waals surface area (Å²) in [4.78, 5) is 26.5. The molecule has 1 aliphatic heterocycles. The number of amides is 2. The summed E-state index contributed by atoms with van der Waals surface area (Å²) >= 11 is 0. The highest BCUT2D eigenvalue weighted by molar-refractivity contribution is 5.91. The van der Waals surface area contributed by atoms with Crippen molar-refractivity contribution in [2.24, 2.45) is 5.92 Å². The van der Waals surface area contributed by atoms with E-state index in [2.05, 4.69) is 24.4 Å². The molecule has 0 bridgehead atoms. The van der Waals surface area contributed by atoms with E-state index in [1.165, 1.54) is 11.8 Å². The van der Waals surface area contributed by atoms with Crippen molar-refractivity contribution < 1.29 is 14.0 Å². The number of piperidine rings is 1. The van der Waals surface area contributed by atoms with E-state index in [-0.39, 0.29) is 23.8 Å². The van der Waals surface area contributed by atoms with Gasteiger partial charge < -0.3 is 14.6 Å². The maximum atomic E-state index is 12.5. The number of nitrogens with zero attached hydrogens (tertiary/aromatic N) is 1. The zero-order valence-electron chi connectivity index (χ0n) is 15.2. The molecular formula is C21H26N2O3. The molecule has 2 heterocycles. The first-order valence-electron chi connectivity index (χ1n) is 9.30. The standard InChI is InChI=1S/C21H26N2O3/c1-16(9-10-17-6-3-2-4-7-17)22-20(24)18-11-13-23(14-12-18)21(25)19-8-5-15-26-19/h2-8,15-16,18H,9-14H2,1H3,(H,22,24)/t16-/m1/s1. The van der Waals surface area contributed by atoms with Crippen molar-refractivity contribution >= 4 is 11.8 Å². The predicted molar refractivity (Wildman–Crippen MR) is 99.7 cm³/mol. The Bertz CT molecular complexity index is 704. The smallest absolute Gasteiger partial charge is 0.289 e. The summed E-state index contributed by atoms with van der Waals surface area (Å²) in [6.45, 7) is 3.24. The van der Waals surface area contributed by atoms with Crippen molar-refractivity contribution in [3.05, 3.63) is 60.1 Å². The Hall–Kier alpha value is -2.56. The summed E-state index contributed by atoms with van der Waals surface area (Å²) in [5.41, 5.74) is 1.29. The van der Waals surface area contributed by atoms with E-state index in [9.17, 15) is 9.59 Å².